The van der Waals surface area contributed by atoms with Crippen molar-refractivity contribution in [3.05, 3.63) is 29.3 Å². The van der Waals surface area contributed by atoms with Crippen molar-refractivity contribution in [1.82, 2.24) is 0 Å². The van der Waals surface area contributed by atoms with E-state index in [2.05, 4.69) is 24.6 Å². The smallest absolute Gasteiger partial charge is 0.101 e. The zero-order chi connectivity index (χ0) is 13.2. The second kappa shape index (κ2) is 8.88. The van der Waals surface area contributed by atoms with Gasteiger partial charge in [-0.1, -0.05) is 18.9 Å². The Morgan fingerprint density at radius 2 is 2.00 bits per heavy atom. The van der Waals surface area contributed by atoms with Gasteiger partial charge >= 0.3 is 0 Å². The monoisotopic (exact) mass is 262 g/mol. The molecule has 0 aliphatic carbocycles. The van der Waals surface area contributed by atoms with E-state index in [0.29, 0.717) is 0 Å². The van der Waals surface area contributed by atoms with Crippen molar-refractivity contribution in [2.24, 2.45) is 0 Å². The average Bonchev–Trinajstić information content (AvgIpc) is 2.38. The van der Waals surface area contributed by atoms with Gasteiger partial charge in [-0.3, -0.25) is 0 Å². The maximum Gasteiger partial charge on any atom is 0.101 e. The zero-order valence-corrected chi connectivity index (χ0v) is 12.1. The highest BCUT2D eigenvalue weighted by Crippen LogP contribution is 2.16. The lowest BCUT2D eigenvalue weighted by molar-refractivity contribution is 0.689. The van der Waals surface area contributed by atoms with E-state index in [4.69, 9.17) is 5.26 Å². The lowest BCUT2D eigenvalue weighted by Crippen LogP contribution is -2.03. The van der Waals surface area contributed by atoms with Crippen LogP contribution in [-0.2, 0) is 0 Å². The van der Waals surface area contributed by atoms with E-state index in [1.807, 2.05) is 30.0 Å². The fraction of sp³-hybridized carbons (Fsp3) is 0.533. The predicted octanol–water partition coefficient (Wildman–Crippen LogP) is 4.20. The Morgan fingerprint density at radius 3 is 2.72 bits per heavy atom. The van der Waals surface area contributed by atoms with Crippen molar-refractivity contribution in [2.75, 3.05) is 23.9 Å². The SMILES string of the molecule is CSCCCCCCNc1cc(C)ccc1C#N. The molecule has 18 heavy (non-hydrogen) atoms. The number of anilines is 1. The molecule has 0 atom stereocenters. The Hall–Kier alpha value is -1.14. The highest BCUT2D eigenvalue weighted by molar-refractivity contribution is 7.98. The number of nitrogens with one attached hydrogen (secondary N) is 1. The van der Waals surface area contributed by atoms with E-state index in [1.165, 1.54) is 37.0 Å². The van der Waals surface area contributed by atoms with Gasteiger partial charge in [0.1, 0.15) is 6.07 Å². The summed E-state index contributed by atoms with van der Waals surface area (Å²) in [6, 6.07) is 8.14. The summed E-state index contributed by atoms with van der Waals surface area (Å²) in [6.07, 6.45) is 7.22. The van der Waals surface area contributed by atoms with E-state index in [0.717, 1.165) is 17.8 Å². The van der Waals surface area contributed by atoms with E-state index >= 15 is 0 Å². The third kappa shape index (κ3) is 5.46. The van der Waals surface area contributed by atoms with Crippen LogP contribution in [0.15, 0.2) is 18.2 Å². The molecule has 0 aromatic heterocycles. The quantitative estimate of drug-likeness (QED) is 0.713. The molecule has 0 heterocycles. The van der Waals surface area contributed by atoms with E-state index in [1.54, 1.807) is 0 Å². The Balaban J connectivity index is 2.27. The predicted molar refractivity (Wildman–Crippen MR) is 81.2 cm³/mol. The summed E-state index contributed by atoms with van der Waals surface area (Å²) in [6.45, 7) is 3.01. The topological polar surface area (TPSA) is 35.8 Å². The van der Waals surface area contributed by atoms with Crippen LogP contribution in [0.3, 0.4) is 0 Å². The Bertz CT molecular complexity index is 396. The maximum atomic E-state index is 9.02. The lowest BCUT2D eigenvalue weighted by atomic mass is 10.1. The molecule has 0 amide bonds. The summed E-state index contributed by atoms with van der Waals surface area (Å²) in [4.78, 5) is 0. The second-order valence-electron chi connectivity index (χ2n) is 4.49. The number of nitrogens with zero attached hydrogens (tertiary/aromatic N) is 1. The summed E-state index contributed by atoms with van der Waals surface area (Å²) < 4.78 is 0. The van der Waals surface area contributed by atoms with Crippen molar-refractivity contribution in [3.63, 3.8) is 0 Å². The van der Waals surface area contributed by atoms with Gasteiger partial charge in [0.05, 0.1) is 11.3 Å². The van der Waals surface area contributed by atoms with Crippen LogP contribution in [0.2, 0.25) is 0 Å². The Kier molecular flexibility index (Phi) is 7.36. The van der Waals surface area contributed by atoms with Crippen LogP contribution in [0.4, 0.5) is 5.69 Å². The molecule has 1 aromatic rings. The highest BCUT2D eigenvalue weighted by Gasteiger charge is 2.00. The molecule has 0 aliphatic heterocycles. The van der Waals surface area contributed by atoms with Crippen LogP contribution in [-0.4, -0.2) is 18.6 Å². The first-order valence-electron chi connectivity index (χ1n) is 6.51. The highest BCUT2D eigenvalue weighted by atomic mass is 32.2. The molecule has 0 unspecified atom stereocenters. The number of hydrogen-bond acceptors (Lipinski definition) is 3. The number of benzene rings is 1. The van der Waals surface area contributed by atoms with Gasteiger partial charge in [0.15, 0.2) is 0 Å². The summed E-state index contributed by atoms with van der Waals surface area (Å²) in [5, 5.41) is 12.4. The zero-order valence-electron chi connectivity index (χ0n) is 11.3. The fourth-order valence-corrected chi connectivity index (χ4v) is 2.34. The van der Waals surface area contributed by atoms with Gasteiger partial charge in [0, 0.05) is 6.54 Å². The van der Waals surface area contributed by atoms with Gasteiger partial charge < -0.3 is 5.32 Å². The standard InChI is InChI=1S/C15H22N2S/c1-13-7-8-14(12-16)15(11-13)17-9-5-3-4-6-10-18-2/h7-8,11,17H,3-6,9-10H2,1-2H3. The number of aryl methyl sites for hydroxylation is 1. The maximum absolute atomic E-state index is 9.02. The number of rotatable bonds is 8. The first-order valence-corrected chi connectivity index (χ1v) is 7.91. The first kappa shape index (κ1) is 14.9. The number of nitriles is 1. The van der Waals surface area contributed by atoms with Crippen LogP contribution < -0.4 is 5.32 Å². The average molecular weight is 262 g/mol. The fourth-order valence-electron chi connectivity index (χ4n) is 1.85. The molecular formula is C15H22N2S. The summed E-state index contributed by atoms with van der Waals surface area (Å²) >= 11 is 1.92. The second-order valence-corrected chi connectivity index (χ2v) is 5.48. The number of thioether (sulfide) groups is 1. The molecule has 1 aromatic carbocycles. The Morgan fingerprint density at radius 1 is 1.22 bits per heavy atom. The van der Waals surface area contributed by atoms with Crippen LogP contribution in [0.5, 0.6) is 0 Å². The van der Waals surface area contributed by atoms with Gasteiger partial charge in [-0.2, -0.15) is 17.0 Å². The molecule has 2 nitrogen and oxygen atoms in total. The third-order valence-electron chi connectivity index (χ3n) is 2.89. The molecule has 1 rings (SSSR count). The van der Waals surface area contributed by atoms with Crippen molar-refractivity contribution >= 4 is 17.4 Å². The summed E-state index contributed by atoms with van der Waals surface area (Å²) in [5.74, 6) is 1.27. The van der Waals surface area contributed by atoms with E-state index < -0.39 is 0 Å². The molecule has 0 aliphatic rings. The molecule has 98 valence electrons. The van der Waals surface area contributed by atoms with Gasteiger partial charge in [-0.15, -0.1) is 0 Å². The van der Waals surface area contributed by atoms with Gasteiger partial charge in [-0.05, 0) is 49.5 Å². The molecule has 0 fully saturated rings. The van der Waals surface area contributed by atoms with Gasteiger partial charge in [0.2, 0.25) is 0 Å². The number of unbranched alkanes of at least 4 members (excludes halogenated alkanes) is 3. The molecule has 0 saturated heterocycles. The summed E-state index contributed by atoms with van der Waals surface area (Å²) in [7, 11) is 0. The summed E-state index contributed by atoms with van der Waals surface area (Å²) in [5.41, 5.74) is 2.90. The molecule has 0 spiro atoms. The van der Waals surface area contributed by atoms with E-state index in [9.17, 15) is 0 Å². The van der Waals surface area contributed by atoms with Crippen molar-refractivity contribution in [1.29, 1.82) is 5.26 Å². The largest absolute Gasteiger partial charge is 0.384 e. The first-order chi connectivity index (χ1) is 8.77. The molecule has 0 saturated carbocycles. The third-order valence-corrected chi connectivity index (χ3v) is 3.58. The minimum absolute atomic E-state index is 0.739. The van der Waals surface area contributed by atoms with Crippen LogP contribution in [0, 0.1) is 18.3 Å². The minimum Gasteiger partial charge on any atom is -0.384 e. The minimum atomic E-state index is 0.739. The van der Waals surface area contributed by atoms with Gasteiger partial charge in [0.25, 0.3) is 0 Å². The molecular weight excluding hydrogens is 240 g/mol. The molecule has 0 radical (unpaired) electrons. The molecule has 3 heteroatoms. The van der Waals surface area contributed by atoms with Crippen molar-refractivity contribution < 1.29 is 0 Å². The van der Waals surface area contributed by atoms with Crippen LogP contribution >= 0.6 is 11.8 Å². The van der Waals surface area contributed by atoms with Crippen LogP contribution in [0.1, 0.15) is 36.8 Å². The van der Waals surface area contributed by atoms with Crippen molar-refractivity contribution in [2.45, 2.75) is 32.6 Å². The molecule has 0 bridgehead atoms. The molecule has 1 N–H and O–H groups in total. The lowest BCUT2D eigenvalue weighted by Gasteiger charge is -2.09. The van der Waals surface area contributed by atoms with Crippen molar-refractivity contribution in [3.8, 4) is 6.07 Å². The van der Waals surface area contributed by atoms with Crippen LogP contribution in [0.25, 0.3) is 0 Å². The normalized spacial score (nSPS) is 10.1. The number of hydrogen-bond donors (Lipinski definition) is 1. The van der Waals surface area contributed by atoms with E-state index in [-0.39, 0.29) is 0 Å². The van der Waals surface area contributed by atoms with Gasteiger partial charge in [-0.25, -0.2) is 0 Å². The Labute approximate surface area is 115 Å².